The molecule has 0 amide bonds. The molecule has 0 aliphatic carbocycles. The van der Waals surface area contributed by atoms with E-state index in [9.17, 15) is 4.79 Å². The van der Waals surface area contributed by atoms with Gasteiger partial charge in [-0.15, -0.1) is 0 Å². The van der Waals surface area contributed by atoms with E-state index in [0.29, 0.717) is 23.3 Å². The van der Waals surface area contributed by atoms with Crippen molar-refractivity contribution in [1.82, 2.24) is 0 Å². The van der Waals surface area contributed by atoms with Crippen LogP contribution in [0.1, 0.15) is 11.1 Å². The average Bonchev–Trinajstić information content (AvgIpc) is 2.74. The molecule has 4 rings (SSSR count). The van der Waals surface area contributed by atoms with Gasteiger partial charge in [0.1, 0.15) is 24.5 Å². The first-order valence-electron chi connectivity index (χ1n) is 9.57. The van der Waals surface area contributed by atoms with Crippen molar-refractivity contribution < 1.29 is 13.9 Å². The highest BCUT2D eigenvalue weighted by atomic mass is 16.5. The zero-order valence-electron chi connectivity index (χ0n) is 16.5. The molecule has 0 aliphatic rings. The first-order valence-corrected chi connectivity index (χ1v) is 9.57. The van der Waals surface area contributed by atoms with E-state index >= 15 is 0 Å². The van der Waals surface area contributed by atoms with Crippen molar-refractivity contribution >= 4 is 11.0 Å². The van der Waals surface area contributed by atoms with Crippen LogP contribution in [0.3, 0.4) is 0 Å². The van der Waals surface area contributed by atoms with Gasteiger partial charge in [0.05, 0.1) is 5.39 Å². The highest BCUT2D eigenvalue weighted by molar-refractivity contribution is 5.82. The number of rotatable bonds is 6. The van der Waals surface area contributed by atoms with Crippen molar-refractivity contribution in [2.24, 2.45) is 0 Å². The number of ether oxygens (including phenoxy) is 2. The molecule has 1 aromatic heterocycles. The van der Waals surface area contributed by atoms with E-state index in [2.05, 4.69) is 0 Å². The molecular formula is C25H22O4. The van der Waals surface area contributed by atoms with E-state index in [4.69, 9.17) is 13.9 Å². The smallest absolute Gasteiger partial charge is 0.235 e. The number of fused-ring (bicyclic) bond motifs is 1. The largest absolute Gasteiger partial charge is 0.490 e. The zero-order chi connectivity index (χ0) is 20.2. The summed E-state index contributed by atoms with van der Waals surface area (Å²) in [5, 5.41) is 0.504. The Labute approximate surface area is 169 Å². The first-order chi connectivity index (χ1) is 14.1. The van der Waals surface area contributed by atoms with Crippen molar-refractivity contribution in [3.8, 4) is 22.8 Å². The molecule has 0 saturated carbocycles. The van der Waals surface area contributed by atoms with Gasteiger partial charge in [0.2, 0.25) is 11.2 Å². The van der Waals surface area contributed by atoms with Crippen LogP contribution in [0.5, 0.6) is 11.5 Å². The lowest BCUT2D eigenvalue weighted by molar-refractivity contribution is 0.214. The van der Waals surface area contributed by atoms with Gasteiger partial charge in [0, 0.05) is 5.56 Å². The second-order valence-electron chi connectivity index (χ2n) is 6.97. The molecule has 0 radical (unpaired) electrons. The Hall–Kier alpha value is -3.53. The van der Waals surface area contributed by atoms with Crippen LogP contribution in [0.4, 0.5) is 0 Å². The molecule has 0 aliphatic heterocycles. The molecule has 0 atom stereocenters. The van der Waals surface area contributed by atoms with Crippen molar-refractivity contribution in [2.45, 2.75) is 13.8 Å². The van der Waals surface area contributed by atoms with Crippen LogP contribution in [0.15, 0.2) is 82.0 Å². The summed E-state index contributed by atoms with van der Waals surface area (Å²) < 4.78 is 17.7. The van der Waals surface area contributed by atoms with Gasteiger partial charge in [-0.1, -0.05) is 54.1 Å². The summed E-state index contributed by atoms with van der Waals surface area (Å²) in [6, 6.07) is 22.9. The topological polar surface area (TPSA) is 48.7 Å². The van der Waals surface area contributed by atoms with Crippen LogP contribution < -0.4 is 14.9 Å². The molecule has 4 nitrogen and oxygen atoms in total. The molecule has 0 unspecified atom stereocenters. The minimum Gasteiger partial charge on any atom is -0.490 e. The highest BCUT2D eigenvalue weighted by Crippen LogP contribution is 2.31. The van der Waals surface area contributed by atoms with Crippen LogP contribution >= 0.6 is 0 Å². The van der Waals surface area contributed by atoms with E-state index in [1.54, 1.807) is 6.07 Å². The third-order valence-electron chi connectivity index (χ3n) is 4.66. The summed E-state index contributed by atoms with van der Waals surface area (Å²) in [6.45, 7) is 4.55. The summed E-state index contributed by atoms with van der Waals surface area (Å²) in [5.74, 6) is 1.41. The molecule has 4 heteroatoms. The van der Waals surface area contributed by atoms with Crippen LogP contribution in [0.25, 0.3) is 22.3 Å². The Bertz CT molecular complexity index is 1180. The summed E-state index contributed by atoms with van der Waals surface area (Å²) >= 11 is 0. The second-order valence-corrected chi connectivity index (χ2v) is 6.97. The molecule has 0 N–H and O–H groups in total. The molecular weight excluding hydrogens is 364 g/mol. The van der Waals surface area contributed by atoms with Gasteiger partial charge in [0.15, 0.2) is 5.76 Å². The maximum absolute atomic E-state index is 13.1. The normalized spacial score (nSPS) is 10.8. The van der Waals surface area contributed by atoms with Crippen molar-refractivity contribution in [1.29, 1.82) is 0 Å². The summed E-state index contributed by atoms with van der Waals surface area (Å²) in [7, 11) is 0. The van der Waals surface area contributed by atoms with E-state index in [1.807, 2.05) is 80.6 Å². The van der Waals surface area contributed by atoms with Crippen molar-refractivity contribution in [2.75, 3.05) is 13.2 Å². The third-order valence-corrected chi connectivity index (χ3v) is 4.66. The fourth-order valence-corrected chi connectivity index (χ4v) is 3.13. The van der Waals surface area contributed by atoms with Gasteiger partial charge in [-0.05, 0) is 43.7 Å². The Morgan fingerprint density at radius 3 is 2.24 bits per heavy atom. The molecule has 29 heavy (non-hydrogen) atoms. The molecule has 146 valence electrons. The SMILES string of the molecule is Cc1ccc(OCCOc2c(-c3ccccc3)oc3cc(C)ccc3c2=O)cc1. The average molecular weight is 386 g/mol. The number of hydrogen-bond acceptors (Lipinski definition) is 4. The van der Waals surface area contributed by atoms with Gasteiger partial charge in [-0.3, -0.25) is 4.79 Å². The Kier molecular flexibility index (Phi) is 5.34. The van der Waals surface area contributed by atoms with E-state index in [0.717, 1.165) is 16.9 Å². The summed E-state index contributed by atoms with van der Waals surface area (Å²) in [6.07, 6.45) is 0. The Morgan fingerprint density at radius 1 is 0.793 bits per heavy atom. The van der Waals surface area contributed by atoms with Crippen LogP contribution in [0.2, 0.25) is 0 Å². The maximum atomic E-state index is 13.1. The van der Waals surface area contributed by atoms with E-state index in [1.165, 1.54) is 5.56 Å². The second kappa shape index (κ2) is 8.23. The predicted molar refractivity (Wildman–Crippen MR) is 115 cm³/mol. The Morgan fingerprint density at radius 2 is 1.48 bits per heavy atom. The molecule has 0 saturated heterocycles. The number of aryl methyl sites for hydroxylation is 2. The van der Waals surface area contributed by atoms with Crippen molar-refractivity contribution in [3.05, 3.63) is 94.1 Å². The number of benzene rings is 3. The number of hydrogen-bond donors (Lipinski definition) is 0. The Balaban J connectivity index is 1.63. The minimum absolute atomic E-state index is 0.180. The fourth-order valence-electron chi connectivity index (χ4n) is 3.13. The lowest BCUT2D eigenvalue weighted by Gasteiger charge is -2.12. The van der Waals surface area contributed by atoms with Gasteiger partial charge < -0.3 is 13.9 Å². The summed E-state index contributed by atoms with van der Waals surface area (Å²) in [5.41, 5.74) is 3.37. The van der Waals surface area contributed by atoms with Gasteiger partial charge in [-0.2, -0.15) is 0 Å². The minimum atomic E-state index is -0.180. The maximum Gasteiger partial charge on any atom is 0.235 e. The summed E-state index contributed by atoms with van der Waals surface area (Å²) in [4.78, 5) is 13.1. The van der Waals surface area contributed by atoms with E-state index in [-0.39, 0.29) is 17.8 Å². The molecule has 0 fully saturated rings. The quantitative estimate of drug-likeness (QED) is 0.409. The van der Waals surface area contributed by atoms with Crippen LogP contribution in [-0.4, -0.2) is 13.2 Å². The highest BCUT2D eigenvalue weighted by Gasteiger charge is 2.17. The van der Waals surface area contributed by atoms with Gasteiger partial charge >= 0.3 is 0 Å². The fraction of sp³-hybridized carbons (Fsp3) is 0.160. The van der Waals surface area contributed by atoms with Crippen molar-refractivity contribution in [3.63, 3.8) is 0 Å². The monoisotopic (exact) mass is 386 g/mol. The standard InChI is InChI=1S/C25H22O4/c1-17-8-11-20(12-9-17)27-14-15-28-25-23(26)21-13-10-18(2)16-22(21)29-24(25)19-6-4-3-5-7-19/h3-13,16H,14-15H2,1-2H3. The predicted octanol–water partition coefficient (Wildman–Crippen LogP) is 5.53. The van der Waals surface area contributed by atoms with Crippen LogP contribution in [0, 0.1) is 13.8 Å². The van der Waals surface area contributed by atoms with Gasteiger partial charge in [-0.25, -0.2) is 0 Å². The molecule has 0 bridgehead atoms. The van der Waals surface area contributed by atoms with Gasteiger partial charge in [0.25, 0.3) is 0 Å². The molecule has 1 heterocycles. The molecule has 0 spiro atoms. The molecule has 4 aromatic rings. The third kappa shape index (κ3) is 4.16. The lowest BCUT2D eigenvalue weighted by Crippen LogP contribution is -2.15. The first kappa shape index (κ1) is 18.8. The zero-order valence-corrected chi connectivity index (χ0v) is 16.5. The molecule has 3 aromatic carbocycles. The van der Waals surface area contributed by atoms with Crippen LogP contribution in [-0.2, 0) is 0 Å². The van der Waals surface area contributed by atoms with E-state index < -0.39 is 0 Å². The lowest BCUT2D eigenvalue weighted by atomic mass is 10.1.